The smallest absolute Gasteiger partial charge is 0.254 e. The monoisotopic (exact) mass is 419 g/mol. The zero-order valence-electron chi connectivity index (χ0n) is 17.1. The van der Waals surface area contributed by atoms with Crippen LogP contribution in [0.3, 0.4) is 0 Å². The highest BCUT2D eigenvalue weighted by atomic mass is 35.5. The first kappa shape index (κ1) is 20.5. The predicted octanol–water partition coefficient (Wildman–Crippen LogP) is 6.47. The maximum atomic E-state index is 13.3. The van der Waals surface area contributed by atoms with Gasteiger partial charge >= 0.3 is 0 Å². The summed E-state index contributed by atoms with van der Waals surface area (Å²) < 4.78 is 6.15. The molecule has 0 aliphatic carbocycles. The third-order valence-corrected chi connectivity index (χ3v) is 6.05. The van der Waals surface area contributed by atoms with Crippen molar-refractivity contribution in [1.82, 2.24) is 4.90 Å². The highest BCUT2D eigenvalue weighted by molar-refractivity contribution is 6.32. The molecule has 1 saturated heterocycles. The zero-order valence-corrected chi connectivity index (χ0v) is 17.9. The minimum absolute atomic E-state index is 0.0244. The molecule has 30 heavy (non-hydrogen) atoms. The molecule has 0 radical (unpaired) electrons. The highest BCUT2D eigenvalue weighted by Gasteiger charge is 2.32. The molecule has 1 fully saturated rings. The lowest BCUT2D eigenvalue weighted by molar-refractivity contribution is 0.0354. The van der Waals surface area contributed by atoms with Crippen molar-refractivity contribution in [3.05, 3.63) is 89.4 Å². The second kappa shape index (κ2) is 9.36. The van der Waals surface area contributed by atoms with Crippen LogP contribution in [0.5, 0.6) is 5.75 Å². The van der Waals surface area contributed by atoms with Crippen molar-refractivity contribution in [3.63, 3.8) is 0 Å². The van der Waals surface area contributed by atoms with E-state index in [-0.39, 0.29) is 18.1 Å². The summed E-state index contributed by atoms with van der Waals surface area (Å²) in [4.78, 5) is 15.3. The van der Waals surface area contributed by atoms with Gasteiger partial charge in [-0.25, -0.2) is 0 Å². The first-order valence-corrected chi connectivity index (χ1v) is 10.9. The lowest BCUT2D eigenvalue weighted by atomic mass is 9.96. The number of nitrogens with zero attached hydrogens (tertiary/aromatic N) is 1. The molecule has 0 bridgehead atoms. The normalized spacial score (nSPS) is 17.4. The zero-order chi connectivity index (χ0) is 20.9. The quantitative estimate of drug-likeness (QED) is 0.474. The fraction of sp³-hybridized carbons (Fsp3) is 0.269. The van der Waals surface area contributed by atoms with Crippen LogP contribution in [-0.2, 0) is 0 Å². The van der Waals surface area contributed by atoms with Gasteiger partial charge in [0.05, 0.1) is 11.1 Å². The number of rotatable bonds is 5. The van der Waals surface area contributed by atoms with Crippen LogP contribution in [0.15, 0.2) is 78.9 Å². The molecule has 1 amide bonds. The average Bonchev–Trinajstić information content (AvgIpc) is 2.81. The number of halogens is 1. The van der Waals surface area contributed by atoms with Gasteiger partial charge in [-0.3, -0.25) is 4.79 Å². The molecule has 4 heteroatoms. The number of para-hydroxylation sites is 1. The van der Waals surface area contributed by atoms with Gasteiger partial charge in [-0.1, -0.05) is 66.2 Å². The Morgan fingerprint density at radius 2 is 1.60 bits per heavy atom. The Bertz CT molecular complexity index is 987. The second-order valence-electron chi connectivity index (χ2n) is 7.76. The van der Waals surface area contributed by atoms with Crippen molar-refractivity contribution in [1.29, 1.82) is 0 Å². The van der Waals surface area contributed by atoms with Gasteiger partial charge in [0, 0.05) is 12.1 Å². The molecule has 3 aromatic carbocycles. The molecule has 0 spiro atoms. The van der Waals surface area contributed by atoms with Crippen LogP contribution in [0.2, 0.25) is 5.02 Å². The van der Waals surface area contributed by atoms with Gasteiger partial charge in [0.15, 0.2) is 0 Å². The van der Waals surface area contributed by atoms with Crippen LogP contribution in [0, 0.1) is 0 Å². The molecule has 3 aromatic rings. The van der Waals surface area contributed by atoms with Crippen molar-refractivity contribution in [3.8, 4) is 16.9 Å². The third kappa shape index (κ3) is 4.52. The van der Waals surface area contributed by atoms with E-state index in [0.717, 1.165) is 36.9 Å². The van der Waals surface area contributed by atoms with Crippen molar-refractivity contribution < 1.29 is 9.53 Å². The van der Waals surface area contributed by atoms with E-state index >= 15 is 0 Å². The van der Waals surface area contributed by atoms with Gasteiger partial charge in [0.1, 0.15) is 11.9 Å². The number of amides is 1. The minimum atomic E-state index is -0.141. The Balaban J connectivity index is 1.50. The Hall–Kier alpha value is -2.78. The Labute approximate surface area is 183 Å². The summed E-state index contributed by atoms with van der Waals surface area (Å²) in [6, 6.07) is 25.6. The molecule has 0 N–H and O–H groups in total. The summed E-state index contributed by atoms with van der Waals surface area (Å²) >= 11 is 6.26. The van der Waals surface area contributed by atoms with Gasteiger partial charge < -0.3 is 9.64 Å². The van der Waals surface area contributed by atoms with E-state index in [9.17, 15) is 4.79 Å². The van der Waals surface area contributed by atoms with Crippen LogP contribution >= 0.6 is 11.6 Å². The van der Waals surface area contributed by atoms with Gasteiger partial charge in [0.25, 0.3) is 5.91 Å². The summed E-state index contributed by atoms with van der Waals surface area (Å²) in [7, 11) is 0. The highest BCUT2D eigenvalue weighted by Crippen LogP contribution is 2.29. The molecule has 1 aliphatic rings. The van der Waals surface area contributed by atoms with Crippen molar-refractivity contribution in [2.75, 3.05) is 6.54 Å². The van der Waals surface area contributed by atoms with E-state index in [1.54, 1.807) is 0 Å². The minimum Gasteiger partial charge on any atom is -0.487 e. The molecule has 2 unspecified atom stereocenters. The SMILES string of the molecule is CC(Oc1ccccc1Cl)C1CCCCN1C(=O)c1ccc(-c2ccccc2)cc1. The van der Waals surface area contributed by atoms with Crippen LogP contribution in [0.1, 0.15) is 36.5 Å². The number of piperidine rings is 1. The molecule has 0 saturated carbocycles. The van der Waals surface area contributed by atoms with E-state index < -0.39 is 0 Å². The number of ether oxygens (including phenoxy) is 1. The summed E-state index contributed by atoms with van der Waals surface area (Å²) in [6.07, 6.45) is 2.90. The lowest BCUT2D eigenvalue weighted by Gasteiger charge is -2.39. The van der Waals surface area contributed by atoms with E-state index in [4.69, 9.17) is 16.3 Å². The first-order valence-electron chi connectivity index (χ1n) is 10.5. The van der Waals surface area contributed by atoms with Crippen LogP contribution in [0.25, 0.3) is 11.1 Å². The molecule has 0 aromatic heterocycles. The molecular weight excluding hydrogens is 394 g/mol. The fourth-order valence-electron chi connectivity index (χ4n) is 4.12. The molecule has 1 heterocycles. The molecule has 2 atom stereocenters. The van der Waals surface area contributed by atoms with Crippen molar-refractivity contribution >= 4 is 17.5 Å². The Morgan fingerprint density at radius 3 is 2.33 bits per heavy atom. The number of carbonyl (C=O) groups is 1. The number of carbonyl (C=O) groups excluding carboxylic acids is 1. The van der Waals surface area contributed by atoms with Gasteiger partial charge in [-0.05, 0) is 61.6 Å². The van der Waals surface area contributed by atoms with Crippen LogP contribution in [0.4, 0.5) is 0 Å². The largest absolute Gasteiger partial charge is 0.487 e. The van der Waals surface area contributed by atoms with Gasteiger partial charge in [-0.15, -0.1) is 0 Å². The maximum absolute atomic E-state index is 13.3. The average molecular weight is 420 g/mol. The lowest BCUT2D eigenvalue weighted by Crippen LogP contribution is -2.50. The van der Waals surface area contributed by atoms with E-state index in [1.165, 1.54) is 0 Å². The van der Waals surface area contributed by atoms with Crippen LogP contribution < -0.4 is 4.74 Å². The van der Waals surface area contributed by atoms with Crippen molar-refractivity contribution in [2.24, 2.45) is 0 Å². The third-order valence-electron chi connectivity index (χ3n) is 5.74. The summed E-state index contributed by atoms with van der Waals surface area (Å²) in [5, 5.41) is 0.592. The summed E-state index contributed by atoms with van der Waals surface area (Å²) in [6.45, 7) is 2.78. The summed E-state index contributed by atoms with van der Waals surface area (Å²) in [5.74, 6) is 0.728. The van der Waals surface area contributed by atoms with E-state index in [1.807, 2.05) is 78.6 Å². The second-order valence-corrected chi connectivity index (χ2v) is 8.17. The number of benzene rings is 3. The molecular formula is C26H26ClNO2. The first-order chi connectivity index (χ1) is 14.6. The maximum Gasteiger partial charge on any atom is 0.254 e. The number of hydrogen-bond donors (Lipinski definition) is 0. The number of likely N-dealkylation sites (tertiary alicyclic amines) is 1. The predicted molar refractivity (Wildman–Crippen MR) is 122 cm³/mol. The summed E-state index contributed by atoms with van der Waals surface area (Å²) in [5.41, 5.74) is 2.97. The Morgan fingerprint density at radius 1 is 0.933 bits per heavy atom. The van der Waals surface area contributed by atoms with Crippen molar-refractivity contribution in [2.45, 2.75) is 38.3 Å². The molecule has 4 rings (SSSR count). The van der Waals surface area contributed by atoms with E-state index in [0.29, 0.717) is 16.3 Å². The molecule has 1 aliphatic heterocycles. The van der Waals surface area contributed by atoms with Gasteiger partial charge in [-0.2, -0.15) is 0 Å². The Kier molecular flexibility index (Phi) is 6.39. The molecule has 3 nitrogen and oxygen atoms in total. The molecule has 154 valence electrons. The van der Waals surface area contributed by atoms with Crippen LogP contribution in [-0.4, -0.2) is 29.5 Å². The fourth-order valence-corrected chi connectivity index (χ4v) is 4.30. The standard InChI is InChI=1S/C26H26ClNO2/c1-19(30-25-13-6-5-11-23(25)27)24-12-7-8-18-28(24)26(29)22-16-14-21(15-17-22)20-9-3-2-4-10-20/h2-6,9-11,13-17,19,24H,7-8,12,18H2,1H3. The topological polar surface area (TPSA) is 29.5 Å². The number of hydrogen-bond acceptors (Lipinski definition) is 2. The van der Waals surface area contributed by atoms with E-state index in [2.05, 4.69) is 12.1 Å². The van der Waals surface area contributed by atoms with Gasteiger partial charge in [0.2, 0.25) is 0 Å².